The Balaban J connectivity index is 2.23. The molecule has 7 heteroatoms. The highest BCUT2D eigenvalue weighted by atomic mass is 35.5. The molecule has 2 aromatic carbocycles. The van der Waals surface area contributed by atoms with Gasteiger partial charge in [-0.05, 0) is 68.2 Å². The number of pyridine rings is 1. The number of halogens is 2. The highest BCUT2D eigenvalue weighted by Crippen LogP contribution is 2.24. The standard InChI is InChI=1S/C23H22Cl2N4O/c1-14-9-8-10-17-13-19(16(3)27-21(15(2)24)28-23(25)26-4)29(22(30)20(14)17)18-11-6-5-7-12-18/h5-13,16,27H,4H2,1-3H3/b21-15+,28-23?/t16-/m0/s1. The van der Waals surface area contributed by atoms with Crippen LogP contribution in [0.3, 0.4) is 0 Å². The number of nitrogens with zero attached hydrogens (tertiary/aromatic N) is 3. The Kier molecular flexibility index (Phi) is 6.75. The Hall–Kier alpha value is -2.89. The number of para-hydroxylation sites is 1. The Morgan fingerprint density at radius 3 is 2.47 bits per heavy atom. The molecule has 0 amide bonds. The average Bonchev–Trinajstić information content (AvgIpc) is 2.73. The Morgan fingerprint density at radius 1 is 1.13 bits per heavy atom. The molecule has 0 saturated carbocycles. The summed E-state index contributed by atoms with van der Waals surface area (Å²) >= 11 is 12.1. The number of aliphatic imine (C=N–C) groups is 2. The molecule has 0 saturated heterocycles. The van der Waals surface area contributed by atoms with E-state index in [2.05, 4.69) is 22.0 Å². The summed E-state index contributed by atoms with van der Waals surface area (Å²) in [6.45, 7) is 8.93. The van der Waals surface area contributed by atoms with Crippen molar-refractivity contribution in [1.29, 1.82) is 0 Å². The molecular weight excluding hydrogens is 419 g/mol. The SMILES string of the molecule is C=NC(Cl)=N/C(N[C@@H](C)c1cc2cccc(C)c2c(=O)n1-c1ccccc1)=C(\C)Cl. The number of allylic oxidation sites excluding steroid dienone is 1. The van der Waals surface area contributed by atoms with E-state index in [1.807, 2.05) is 68.4 Å². The minimum absolute atomic E-state index is 0.0284. The number of amidine groups is 1. The maximum absolute atomic E-state index is 13.5. The Morgan fingerprint density at radius 2 is 1.83 bits per heavy atom. The average molecular weight is 441 g/mol. The van der Waals surface area contributed by atoms with E-state index in [4.69, 9.17) is 23.2 Å². The molecule has 3 aromatic rings. The third-order valence-corrected chi connectivity index (χ3v) is 5.14. The number of nitrogens with one attached hydrogen (secondary N) is 1. The lowest BCUT2D eigenvalue weighted by Gasteiger charge is -2.22. The van der Waals surface area contributed by atoms with Gasteiger partial charge in [0.05, 0.1) is 16.5 Å². The molecule has 0 aliphatic carbocycles. The highest BCUT2D eigenvalue weighted by molar-refractivity contribution is 6.65. The monoisotopic (exact) mass is 440 g/mol. The van der Waals surface area contributed by atoms with Gasteiger partial charge >= 0.3 is 0 Å². The van der Waals surface area contributed by atoms with E-state index in [-0.39, 0.29) is 16.9 Å². The fourth-order valence-corrected chi connectivity index (χ4v) is 3.51. The van der Waals surface area contributed by atoms with Crippen LogP contribution in [0.15, 0.2) is 80.2 Å². The van der Waals surface area contributed by atoms with E-state index in [0.717, 1.165) is 22.3 Å². The van der Waals surface area contributed by atoms with Gasteiger partial charge in [-0.1, -0.05) is 48.0 Å². The van der Waals surface area contributed by atoms with Crippen molar-refractivity contribution in [2.75, 3.05) is 0 Å². The predicted octanol–water partition coefficient (Wildman–Crippen LogP) is 5.67. The van der Waals surface area contributed by atoms with Crippen LogP contribution < -0.4 is 10.9 Å². The minimum Gasteiger partial charge on any atom is -0.361 e. The molecular formula is C23H22Cl2N4O. The lowest BCUT2D eigenvalue weighted by molar-refractivity contribution is 0.608. The van der Waals surface area contributed by atoms with Crippen molar-refractivity contribution in [1.82, 2.24) is 9.88 Å². The zero-order valence-corrected chi connectivity index (χ0v) is 18.5. The minimum atomic E-state index is -0.315. The van der Waals surface area contributed by atoms with E-state index in [1.54, 1.807) is 11.5 Å². The summed E-state index contributed by atoms with van der Waals surface area (Å²) in [5, 5.41) is 5.19. The second-order valence-corrected chi connectivity index (χ2v) is 7.78. The first-order valence-corrected chi connectivity index (χ1v) is 10.1. The number of benzene rings is 2. The number of hydrogen-bond donors (Lipinski definition) is 1. The summed E-state index contributed by atoms with van der Waals surface area (Å²) in [5.41, 5.74) is 2.39. The van der Waals surface area contributed by atoms with Crippen LogP contribution in [0, 0.1) is 6.92 Å². The number of rotatable bonds is 5. The van der Waals surface area contributed by atoms with Crippen molar-refractivity contribution < 1.29 is 0 Å². The van der Waals surface area contributed by atoms with Gasteiger partial charge in [0.2, 0.25) is 5.29 Å². The summed E-state index contributed by atoms with van der Waals surface area (Å²) in [5.74, 6) is 0.359. The number of aromatic nitrogens is 1. The lowest BCUT2D eigenvalue weighted by Crippen LogP contribution is -2.28. The normalized spacial score (nSPS) is 13.7. The van der Waals surface area contributed by atoms with E-state index in [9.17, 15) is 4.79 Å². The molecule has 0 radical (unpaired) electrons. The van der Waals surface area contributed by atoms with Crippen molar-refractivity contribution >= 4 is 46.0 Å². The van der Waals surface area contributed by atoms with Crippen molar-refractivity contribution in [3.05, 3.63) is 87.1 Å². The first-order chi connectivity index (χ1) is 14.3. The fraction of sp³-hybridized carbons (Fsp3) is 0.174. The van der Waals surface area contributed by atoms with Crippen LogP contribution in [0.5, 0.6) is 0 Å². The number of aryl methyl sites for hydroxylation is 1. The second-order valence-electron chi connectivity index (χ2n) is 6.87. The molecule has 0 spiro atoms. The van der Waals surface area contributed by atoms with Gasteiger partial charge in [0.25, 0.3) is 5.56 Å². The molecule has 5 nitrogen and oxygen atoms in total. The van der Waals surface area contributed by atoms with Crippen LogP contribution in [0.1, 0.15) is 31.1 Å². The van der Waals surface area contributed by atoms with Gasteiger partial charge in [-0.15, -0.1) is 0 Å². The van der Waals surface area contributed by atoms with Gasteiger partial charge in [-0.2, -0.15) is 4.99 Å². The van der Waals surface area contributed by atoms with Crippen LogP contribution in [0.4, 0.5) is 0 Å². The fourth-order valence-electron chi connectivity index (χ4n) is 3.33. The molecule has 0 bridgehead atoms. The summed E-state index contributed by atoms with van der Waals surface area (Å²) < 4.78 is 1.71. The van der Waals surface area contributed by atoms with Crippen LogP contribution in [-0.2, 0) is 0 Å². The van der Waals surface area contributed by atoms with E-state index in [0.29, 0.717) is 16.2 Å². The van der Waals surface area contributed by atoms with Gasteiger partial charge in [-0.3, -0.25) is 9.36 Å². The van der Waals surface area contributed by atoms with Crippen LogP contribution in [-0.4, -0.2) is 16.6 Å². The largest absolute Gasteiger partial charge is 0.361 e. The zero-order chi connectivity index (χ0) is 21.8. The maximum Gasteiger partial charge on any atom is 0.263 e. The smallest absolute Gasteiger partial charge is 0.263 e. The first-order valence-electron chi connectivity index (χ1n) is 9.38. The van der Waals surface area contributed by atoms with Crippen LogP contribution >= 0.6 is 23.2 Å². The van der Waals surface area contributed by atoms with E-state index in [1.165, 1.54) is 0 Å². The molecule has 0 unspecified atom stereocenters. The molecule has 30 heavy (non-hydrogen) atoms. The predicted molar refractivity (Wildman–Crippen MR) is 127 cm³/mol. The summed E-state index contributed by atoms with van der Waals surface area (Å²) in [4.78, 5) is 21.3. The van der Waals surface area contributed by atoms with Gasteiger partial charge in [0.1, 0.15) is 5.82 Å². The van der Waals surface area contributed by atoms with Gasteiger partial charge in [0.15, 0.2) is 0 Å². The van der Waals surface area contributed by atoms with Gasteiger partial charge < -0.3 is 5.32 Å². The Bertz CT molecular complexity index is 1210. The summed E-state index contributed by atoms with van der Waals surface area (Å²) in [6, 6.07) is 17.0. The molecule has 1 heterocycles. The molecule has 0 aliphatic rings. The molecule has 154 valence electrons. The Labute approximate surface area is 185 Å². The third-order valence-electron chi connectivity index (χ3n) is 4.76. The van der Waals surface area contributed by atoms with E-state index >= 15 is 0 Å². The lowest BCUT2D eigenvalue weighted by atomic mass is 10.0. The van der Waals surface area contributed by atoms with Crippen LogP contribution in [0.25, 0.3) is 16.5 Å². The van der Waals surface area contributed by atoms with E-state index < -0.39 is 0 Å². The van der Waals surface area contributed by atoms with Crippen LogP contribution in [0.2, 0.25) is 0 Å². The highest BCUT2D eigenvalue weighted by Gasteiger charge is 2.18. The van der Waals surface area contributed by atoms with Crippen molar-refractivity contribution in [3.63, 3.8) is 0 Å². The van der Waals surface area contributed by atoms with Gasteiger partial charge in [0, 0.05) is 11.4 Å². The molecule has 0 aliphatic heterocycles. The van der Waals surface area contributed by atoms with Crippen molar-refractivity contribution in [3.8, 4) is 5.69 Å². The number of fused-ring (bicyclic) bond motifs is 1. The second kappa shape index (κ2) is 9.28. The topological polar surface area (TPSA) is 58.8 Å². The molecule has 1 atom stereocenters. The summed E-state index contributed by atoms with van der Waals surface area (Å²) in [6.07, 6.45) is 0. The zero-order valence-electron chi connectivity index (χ0n) is 17.0. The molecule has 0 fully saturated rings. The van der Waals surface area contributed by atoms with Gasteiger partial charge in [-0.25, -0.2) is 4.99 Å². The van der Waals surface area contributed by atoms with Crippen molar-refractivity contribution in [2.24, 2.45) is 9.98 Å². The molecule has 1 N–H and O–H groups in total. The summed E-state index contributed by atoms with van der Waals surface area (Å²) in [7, 11) is 0. The van der Waals surface area contributed by atoms with Crippen molar-refractivity contribution in [2.45, 2.75) is 26.8 Å². The quantitative estimate of drug-likeness (QED) is 0.315. The molecule has 3 rings (SSSR count). The third kappa shape index (κ3) is 4.48. The maximum atomic E-state index is 13.5. The molecule has 1 aromatic heterocycles. The first kappa shape index (κ1) is 21.8. The number of hydrogen-bond acceptors (Lipinski definition) is 3.